The molecule has 28 heavy (non-hydrogen) atoms. The minimum atomic E-state index is -5.19. The van der Waals surface area contributed by atoms with Gasteiger partial charge in [0.05, 0.1) is 18.5 Å². The first-order valence-electron chi connectivity index (χ1n) is 7.80. The molecule has 0 aliphatic heterocycles. The van der Waals surface area contributed by atoms with Crippen molar-refractivity contribution in [3.05, 3.63) is 69.8 Å². The number of halogens is 3. The number of carbonyl (C=O) groups excluding carboxylic acids is 1. The van der Waals surface area contributed by atoms with Crippen LogP contribution in [0.4, 0.5) is 18.9 Å². The van der Waals surface area contributed by atoms with Gasteiger partial charge >= 0.3 is 6.18 Å². The smallest absolute Gasteiger partial charge is 0.429 e. The highest BCUT2D eigenvalue weighted by Crippen LogP contribution is 2.34. The fraction of sp³-hybridized carbons (Fsp3) is 0.211. The number of nitro groups is 1. The van der Waals surface area contributed by atoms with Crippen molar-refractivity contribution in [3.63, 3.8) is 0 Å². The van der Waals surface area contributed by atoms with Crippen molar-refractivity contribution < 1.29 is 32.7 Å². The van der Waals surface area contributed by atoms with Gasteiger partial charge in [0, 0.05) is 23.3 Å². The van der Waals surface area contributed by atoms with Gasteiger partial charge < -0.3 is 9.84 Å². The molecule has 0 heterocycles. The van der Waals surface area contributed by atoms with E-state index < -0.39 is 28.9 Å². The Hall–Kier alpha value is -3.38. The second-order valence-corrected chi connectivity index (χ2v) is 5.74. The van der Waals surface area contributed by atoms with Gasteiger partial charge in [-0.05, 0) is 36.4 Å². The Kier molecular flexibility index (Phi) is 6.06. The lowest BCUT2D eigenvalue weighted by atomic mass is 9.93. The molecule has 0 aliphatic carbocycles. The predicted octanol–water partition coefficient (Wildman–Crippen LogP) is 3.52. The van der Waals surface area contributed by atoms with E-state index in [0.717, 1.165) is 24.3 Å². The van der Waals surface area contributed by atoms with Crippen molar-refractivity contribution in [2.75, 3.05) is 7.11 Å². The summed E-state index contributed by atoms with van der Waals surface area (Å²) in [6.45, 7) is 0. The largest absolute Gasteiger partial charge is 0.497 e. The third kappa shape index (κ3) is 4.86. The first kappa shape index (κ1) is 20.9. The monoisotopic (exact) mass is 393 g/mol. The summed E-state index contributed by atoms with van der Waals surface area (Å²) in [7, 11) is 1.42. The average molecular weight is 393 g/mol. The number of Topliss-reactive ketones (excluding diaryl/α,β-unsaturated/α-hetero) is 1. The molecule has 0 saturated carbocycles. The molecule has 0 aliphatic rings. The van der Waals surface area contributed by atoms with Gasteiger partial charge in [0.1, 0.15) is 5.75 Å². The van der Waals surface area contributed by atoms with Crippen LogP contribution in [0.25, 0.3) is 0 Å². The number of methoxy groups -OCH3 is 1. The fourth-order valence-electron chi connectivity index (χ4n) is 2.17. The summed E-state index contributed by atoms with van der Waals surface area (Å²) in [6.07, 6.45) is -6.54. The molecule has 2 rings (SSSR count). The maximum atomic E-state index is 13.4. The molecule has 0 fully saturated rings. The van der Waals surface area contributed by atoms with Crippen LogP contribution in [-0.4, -0.2) is 34.7 Å². The summed E-state index contributed by atoms with van der Waals surface area (Å²) < 4.78 is 45.0. The van der Waals surface area contributed by atoms with Gasteiger partial charge in [-0.25, -0.2) is 0 Å². The number of aliphatic hydroxyl groups is 1. The average Bonchev–Trinajstić information content (AvgIpc) is 2.66. The Balaban J connectivity index is 2.28. The zero-order valence-electron chi connectivity index (χ0n) is 14.5. The Morgan fingerprint density at radius 3 is 2.18 bits per heavy atom. The van der Waals surface area contributed by atoms with Gasteiger partial charge in [-0.2, -0.15) is 13.2 Å². The quantitative estimate of drug-likeness (QED) is 0.363. The number of non-ortho nitro benzene ring substituents is 1. The van der Waals surface area contributed by atoms with Crippen LogP contribution in [0.2, 0.25) is 0 Å². The highest BCUT2D eigenvalue weighted by molar-refractivity contribution is 5.97. The van der Waals surface area contributed by atoms with Gasteiger partial charge in [-0.3, -0.25) is 14.9 Å². The predicted molar refractivity (Wildman–Crippen MR) is 92.9 cm³/mol. The molecule has 2 aromatic rings. The molecule has 0 saturated heterocycles. The van der Waals surface area contributed by atoms with Gasteiger partial charge in [-0.15, -0.1) is 0 Å². The molecule has 0 aromatic heterocycles. The van der Waals surface area contributed by atoms with E-state index >= 15 is 0 Å². The number of ether oxygens (including phenoxy) is 1. The topological polar surface area (TPSA) is 89.7 Å². The first-order valence-corrected chi connectivity index (χ1v) is 7.80. The number of ketones is 1. The number of hydrogen-bond acceptors (Lipinski definition) is 5. The summed E-state index contributed by atoms with van der Waals surface area (Å²) in [5.74, 6) is 3.36. The lowest BCUT2D eigenvalue weighted by molar-refractivity contribution is -0.384. The summed E-state index contributed by atoms with van der Waals surface area (Å²) in [5, 5.41) is 20.6. The van der Waals surface area contributed by atoms with E-state index in [1.54, 1.807) is 5.92 Å². The van der Waals surface area contributed by atoms with Crippen LogP contribution < -0.4 is 4.74 Å². The molecular formula is C19H14F3NO5. The van der Waals surface area contributed by atoms with Gasteiger partial charge in [0.15, 0.2) is 5.78 Å². The molecule has 0 amide bonds. The maximum absolute atomic E-state index is 13.4. The highest BCUT2D eigenvalue weighted by Gasteiger charge is 2.54. The summed E-state index contributed by atoms with van der Waals surface area (Å²) in [5.41, 5.74) is -3.92. The second kappa shape index (κ2) is 8.10. The summed E-state index contributed by atoms with van der Waals surface area (Å²) >= 11 is 0. The molecule has 0 bridgehead atoms. The van der Waals surface area contributed by atoms with Crippen molar-refractivity contribution in [1.82, 2.24) is 0 Å². The normalized spacial score (nSPS) is 13.0. The van der Waals surface area contributed by atoms with Crippen molar-refractivity contribution >= 4 is 11.5 Å². The van der Waals surface area contributed by atoms with E-state index in [1.807, 2.05) is 0 Å². The van der Waals surface area contributed by atoms with Gasteiger partial charge in [0.25, 0.3) is 5.69 Å². The van der Waals surface area contributed by atoms with Gasteiger partial charge in [0.2, 0.25) is 5.60 Å². The number of rotatable bonds is 5. The van der Waals surface area contributed by atoms with Crippen LogP contribution in [0.15, 0.2) is 48.5 Å². The van der Waals surface area contributed by atoms with Crippen LogP contribution in [-0.2, 0) is 0 Å². The number of nitrogens with zero attached hydrogens (tertiary/aromatic N) is 1. The molecule has 9 heteroatoms. The number of alkyl halides is 3. The van der Waals surface area contributed by atoms with E-state index in [4.69, 9.17) is 4.74 Å². The zero-order chi connectivity index (χ0) is 20.9. The lowest BCUT2D eigenvalue weighted by Gasteiger charge is -2.24. The van der Waals surface area contributed by atoms with Crippen molar-refractivity contribution in [1.29, 1.82) is 0 Å². The Morgan fingerprint density at radius 1 is 1.14 bits per heavy atom. The van der Waals surface area contributed by atoms with Gasteiger partial charge in [-0.1, -0.05) is 11.8 Å². The molecule has 6 nitrogen and oxygen atoms in total. The number of hydrogen-bond donors (Lipinski definition) is 1. The first-order chi connectivity index (χ1) is 13.1. The Labute approximate surface area is 157 Å². The third-order valence-corrected chi connectivity index (χ3v) is 3.79. The summed E-state index contributed by atoms with van der Waals surface area (Å²) in [4.78, 5) is 22.1. The second-order valence-electron chi connectivity index (χ2n) is 5.74. The Bertz CT molecular complexity index is 927. The van der Waals surface area contributed by atoms with E-state index in [2.05, 4.69) is 5.92 Å². The Morgan fingerprint density at radius 2 is 1.71 bits per heavy atom. The lowest BCUT2D eigenvalue weighted by Crippen LogP contribution is -2.45. The molecule has 1 unspecified atom stereocenters. The zero-order valence-corrected chi connectivity index (χ0v) is 14.5. The number of nitro benzene ring substituents is 1. The molecule has 1 atom stereocenters. The number of carbonyl (C=O) groups is 1. The minimum absolute atomic E-state index is 0.186. The SMILES string of the molecule is COc1ccc(C#CC(O)(CC(=O)c2ccc([N+](=O)[O-])cc2)C(F)(F)F)cc1. The molecule has 0 spiro atoms. The standard InChI is InChI=1S/C19H14F3NO5/c1-28-16-8-2-13(3-9-16)10-11-18(25,19(20,21)22)12-17(24)14-4-6-15(7-5-14)23(26)27/h2-9,25H,12H2,1H3. The fourth-order valence-corrected chi connectivity index (χ4v) is 2.17. The van der Waals surface area contributed by atoms with E-state index in [-0.39, 0.29) is 16.8 Å². The molecular weight excluding hydrogens is 379 g/mol. The van der Waals surface area contributed by atoms with Crippen LogP contribution in [0, 0.1) is 22.0 Å². The maximum Gasteiger partial charge on any atom is 0.429 e. The number of benzene rings is 2. The molecule has 2 aromatic carbocycles. The van der Waals surface area contributed by atoms with Crippen LogP contribution >= 0.6 is 0 Å². The molecule has 146 valence electrons. The van der Waals surface area contributed by atoms with Crippen LogP contribution in [0.1, 0.15) is 22.3 Å². The highest BCUT2D eigenvalue weighted by atomic mass is 19.4. The minimum Gasteiger partial charge on any atom is -0.497 e. The summed E-state index contributed by atoms with van der Waals surface area (Å²) in [6, 6.07) is 9.80. The van der Waals surface area contributed by atoms with E-state index in [0.29, 0.717) is 5.75 Å². The van der Waals surface area contributed by atoms with Crippen molar-refractivity contribution in [2.45, 2.75) is 18.2 Å². The third-order valence-electron chi connectivity index (χ3n) is 3.79. The van der Waals surface area contributed by atoms with Crippen LogP contribution in [0.3, 0.4) is 0 Å². The molecule has 1 N–H and O–H groups in total. The van der Waals surface area contributed by atoms with E-state index in [9.17, 15) is 33.2 Å². The van der Waals surface area contributed by atoms with Crippen LogP contribution in [0.5, 0.6) is 5.75 Å². The van der Waals surface area contributed by atoms with Crippen molar-refractivity contribution in [2.24, 2.45) is 0 Å². The molecule has 0 radical (unpaired) electrons. The van der Waals surface area contributed by atoms with Crippen molar-refractivity contribution in [3.8, 4) is 17.6 Å². The van der Waals surface area contributed by atoms with E-state index in [1.165, 1.54) is 31.4 Å².